The molecule has 1 saturated heterocycles. The van der Waals surface area contributed by atoms with Gasteiger partial charge < -0.3 is 9.55 Å². The average Bonchev–Trinajstić information content (AvgIpc) is 1.64. The Morgan fingerprint density at radius 3 is 2.88 bits per heavy atom. The Bertz CT molecular complexity index is 70.8. The minimum Gasteiger partial charge on any atom is -0.376 e. The summed E-state index contributed by atoms with van der Waals surface area (Å²) in [5.41, 5.74) is 0. The van der Waals surface area contributed by atoms with E-state index in [1.165, 1.54) is 0 Å². The van der Waals surface area contributed by atoms with E-state index in [2.05, 4.69) is 19.7 Å². The highest BCUT2D eigenvalue weighted by molar-refractivity contribution is 6.04. The van der Waals surface area contributed by atoms with Crippen molar-refractivity contribution >= 4 is 7.98 Å². The lowest BCUT2D eigenvalue weighted by molar-refractivity contribution is 0.0106. The number of ether oxygens (including phenoxy) is 1. The Hall–Kier alpha value is -0.0151. The van der Waals surface area contributed by atoms with Crippen LogP contribution in [-0.4, -0.2) is 38.6 Å². The summed E-state index contributed by atoms with van der Waals surface area (Å²) in [6, 6.07) is 0. The number of rotatable bonds is 0. The molecule has 1 atom stereocenters. The molecule has 1 aliphatic heterocycles. The summed E-state index contributed by atoms with van der Waals surface area (Å²) in [6.45, 7) is 5.18. The Kier molecular flexibility index (Phi) is 1.92. The predicted octanol–water partition coefficient (Wildman–Crippen LogP) is -0.745. The van der Waals surface area contributed by atoms with Crippen LogP contribution < -0.4 is 0 Å². The normalized spacial score (nSPS) is 32.9. The summed E-state index contributed by atoms with van der Waals surface area (Å²) in [5, 5.41) is 0. The molecule has 3 heteroatoms. The third-order valence-corrected chi connectivity index (χ3v) is 1.44. The average molecular weight is 113 g/mol. The van der Waals surface area contributed by atoms with Crippen LogP contribution in [0.2, 0.25) is 0 Å². The number of hydrogen-bond acceptors (Lipinski definition) is 2. The van der Waals surface area contributed by atoms with E-state index >= 15 is 0 Å². The van der Waals surface area contributed by atoms with Crippen molar-refractivity contribution in [1.29, 1.82) is 0 Å². The van der Waals surface area contributed by atoms with Gasteiger partial charge in [0.25, 0.3) is 0 Å². The quantitative estimate of drug-likeness (QED) is 0.383. The fourth-order valence-electron chi connectivity index (χ4n) is 0.993. The van der Waals surface area contributed by atoms with E-state index in [0.717, 1.165) is 19.7 Å². The minimum atomic E-state index is 0.439. The second-order valence-electron chi connectivity index (χ2n) is 2.44. The van der Waals surface area contributed by atoms with Crippen LogP contribution in [-0.2, 0) is 4.74 Å². The van der Waals surface area contributed by atoms with Crippen molar-refractivity contribution < 1.29 is 4.74 Å². The summed E-state index contributed by atoms with van der Waals surface area (Å²) >= 11 is 0. The smallest absolute Gasteiger partial charge is 0.185 e. The van der Waals surface area contributed by atoms with Gasteiger partial charge in [0.15, 0.2) is 7.98 Å². The maximum atomic E-state index is 5.31. The molecular weight excluding hydrogens is 101 g/mol. The van der Waals surface area contributed by atoms with Crippen molar-refractivity contribution in [3.8, 4) is 0 Å². The standard InChI is InChI=1S/C5H12BNO/c1-5-4-7(6)2-3-8-5/h5H,2-4,6H2,1H3. The highest BCUT2D eigenvalue weighted by atomic mass is 16.5. The molecule has 0 aliphatic carbocycles. The van der Waals surface area contributed by atoms with E-state index in [1.54, 1.807) is 0 Å². The summed E-state index contributed by atoms with van der Waals surface area (Å²) in [7, 11) is 2.12. The molecule has 0 aromatic heterocycles. The zero-order valence-electron chi connectivity index (χ0n) is 5.55. The van der Waals surface area contributed by atoms with Gasteiger partial charge in [0.05, 0.1) is 12.7 Å². The van der Waals surface area contributed by atoms with Gasteiger partial charge in [0.2, 0.25) is 0 Å². The second-order valence-corrected chi connectivity index (χ2v) is 2.44. The number of morpholine rings is 1. The van der Waals surface area contributed by atoms with Crippen molar-refractivity contribution in [1.82, 2.24) is 4.81 Å². The molecule has 0 bridgehead atoms. The van der Waals surface area contributed by atoms with Crippen molar-refractivity contribution in [2.24, 2.45) is 0 Å². The largest absolute Gasteiger partial charge is 0.376 e. The Balaban J connectivity index is 2.23. The molecule has 1 rings (SSSR count). The van der Waals surface area contributed by atoms with Gasteiger partial charge in [-0.05, 0) is 6.92 Å². The molecule has 1 fully saturated rings. The van der Waals surface area contributed by atoms with Gasteiger partial charge in [-0.15, -0.1) is 0 Å². The fraction of sp³-hybridized carbons (Fsp3) is 1.00. The third kappa shape index (κ3) is 1.49. The van der Waals surface area contributed by atoms with Crippen molar-refractivity contribution in [2.75, 3.05) is 19.7 Å². The molecule has 0 radical (unpaired) electrons. The lowest BCUT2D eigenvalue weighted by atomic mass is 10.2. The van der Waals surface area contributed by atoms with E-state index < -0.39 is 0 Å². The lowest BCUT2D eigenvalue weighted by Gasteiger charge is -2.27. The molecule has 1 unspecified atom stereocenters. The van der Waals surface area contributed by atoms with Crippen LogP contribution in [0.1, 0.15) is 6.92 Å². The zero-order chi connectivity index (χ0) is 5.98. The van der Waals surface area contributed by atoms with Gasteiger partial charge in [-0.25, -0.2) is 0 Å². The van der Waals surface area contributed by atoms with Crippen molar-refractivity contribution in [3.63, 3.8) is 0 Å². The predicted molar refractivity (Wildman–Crippen MR) is 35.5 cm³/mol. The molecule has 46 valence electrons. The van der Waals surface area contributed by atoms with E-state index in [0.29, 0.717) is 6.10 Å². The molecule has 2 nitrogen and oxygen atoms in total. The number of hydrogen-bond donors (Lipinski definition) is 0. The Morgan fingerprint density at radius 1 is 1.75 bits per heavy atom. The SMILES string of the molecule is BN1CCOC(C)C1. The van der Waals surface area contributed by atoms with E-state index in [9.17, 15) is 0 Å². The number of nitrogens with zero attached hydrogens (tertiary/aromatic N) is 1. The van der Waals surface area contributed by atoms with Gasteiger partial charge in [0, 0.05) is 13.1 Å². The van der Waals surface area contributed by atoms with Crippen molar-refractivity contribution in [2.45, 2.75) is 13.0 Å². The molecule has 1 aliphatic rings. The molecule has 0 amide bonds. The molecule has 0 aromatic rings. The van der Waals surface area contributed by atoms with E-state index in [-0.39, 0.29) is 0 Å². The Labute approximate surface area is 51.2 Å². The van der Waals surface area contributed by atoms with Crippen LogP contribution in [0.4, 0.5) is 0 Å². The minimum absolute atomic E-state index is 0.439. The van der Waals surface area contributed by atoms with Gasteiger partial charge >= 0.3 is 0 Å². The van der Waals surface area contributed by atoms with Crippen LogP contribution in [0, 0.1) is 0 Å². The first-order valence-electron chi connectivity index (χ1n) is 3.09. The first-order valence-corrected chi connectivity index (χ1v) is 3.09. The molecule has 0 spiro atoms. The molecular formula is C5H12BNO. The highest BCUT2D eigenvalue weighted by Crippen LogP contribution is 1.99. The van der Waals surface area contributed by atoms with Gasteiger partial charge in [0.1, 0.15) is 0 Å². The molecule has 8 heavy (non-hydrogen) atoms. The second kappa shape index (κ2) is 2.51. The zero-order valence-corrected chi connectivity index (χ0v) is 5.55. The van der Waals surface area contributed by atoms with Crippen molar-refractivity contribution in [3.05, 3.63) is 0 Å². The van der Waals surface area contributed by atoms with Crippen LogP contribution in [0.5, 0.6) is 0 Å². The van der Waals surface area contributed by atoms with Gasteiger partial charge in [-0.3, -0.25) is 0 Å². The van der Waals surface area contributed by atoms with Gasteiger partial charge in [-0.2, -0.15) is 0 Å². The van der Waals surface area contributed by atoms with Crippen LogP contribution in [0.3, 0.4) is 0 Å². The van der Waals surface area contributed by atoms with Crippen LogP contribution in [0.25, 0.3) is 0 Å². The fourth-order valence-corrected chi connectivity index (χ4v) is 0.993. The topological polar surface area (TPSA) is 12.5 Å². The monoisotopic (exact) mass is 113 g/mol. The highest BCUT2D eigenvalue weighted by Gasteiger charge is 2.10. The van der Waals surface area contributed by atoms with E-state index in [1.807, 2.05) is 0 Å². The molecule has 0 saturated carbocycles. The summed E-state index contributed by atoms with van der Waals surface area (Å²) in [5.74, 6) is 0. The summed E-state index contributed by atoms with van der Waals surface area (Å²) in [4.78, 5) is 2.29. The van der Waals surface area contributed by atoms with Gasteiger partial charge in [-0.1, -0.05) is 0 Å². The van der Waals surface area contributed by atoms with Crippen LogP contribution in [0.15, 0.2) is 0 Å². The molecule has 0 N–H and O–H groups in total. The third-order valence-electron chi connectivity index (χ3n) is 1.44. The molecule has 0 aromatic carbocycles. The molecule has 1 heterocycles. The Morgan fingerprint density at radius 2 is 2.50 bits per heavy atom. The first-order chi connectivity index (χ1) is 3.79. The lowest BCUT2D eigenvalue weighted by Crippen LogP contribution is -2.39. The maximum absolute atomic E-state index is 5.31. The van der Waals surface area contributed by atoms with Crippen LogP contribution >= 0.6 is 0 Å². The first kappa shape index (κ1) is 6.11. The summed E-state index contributed by atoms with van der Waals surface area (Å²) < 4.78 is 5.31. The maximum Gasteiger partial charge on any atom is 0.185 e. The van der Waals surface area contributed by atoms with E-state index in [4.69, 9.17) is 4.74 Å². The summed E-state index contributed by atoms with van der Waals surface area (Å²) in [6.07, 6.45) is 0.439.